The SMILES string of the molecule is O=S(=O)(NC[C@H]1CC[C@H](Nc2nc3c(s2)CCSc2ccccc2-3)CC1)c1cccc2cccnc12. The van der Waals surface area contributed by atoms with Crippen molar-refractivity contribution in [2.75, 3.05) is 17.6 Å². The van der Waals surface area contributed by atoms with Crippen LogP contribution in [0.4, 0.5) is 5.13 Å². The molecule has 2 N–H and O–H groups in total. The van der Waals surface area contributed by atoms with Gasteiger partial charge in [0.05, 0.1) is 11.2 Å². The first-order chi connectivity index (χ1) is 17.6. The average Bonchev–Trinajstić information content (AvgIpc) is 3.22. The number of fused-ring (bicyclic) bond motifs is 4. The number of nitrogens with one attached hydrogen (secondary N) is 2. The first kappa shape index (κ1) is 23.9. The van der Waals surface area contributed by atoms with E-state index in [1.54, 1.807) is 29.7 Å². The van der Waals surface area contributed by atoms with Crippen molar-refractivity contribution < 1.29 is 8.42 Å². The fraction of sp³-hybridized carbons (Fsp3) is 0.333. The molecule has 6 rings (SSSR count). The molecule has 2 aromatic carbocycles. The lowest BCUT2D eigenvalue weighted by Crippen LogP contribution is -2.34. The smallest absolute Gasteiger partial charge is 0.242 e. The van der Waals surface area contributed by atoms with Gasteiger partial charge in [-0.2, -0.15) is 0 Å². The summed E-state index contributed by atoms with van der Waals surface area (Å²) in [5.41, 5.74) is 2.90. The molecule has 0 unspecified atom stereocenters. The lowest BCUT2D eigenvalue weighted by Gasteiger charge is -2.29. The fourth-order valence-corrected chi connectivity index (χ4v) is 8.62. The van der Waals surface area contributed by atoms with Gasteiger partial charge in [0.1, 0.15) is 4.90 Å². The highest BCUT2D eigenvalue weighted by molar-refractivity contribution is 7.99. The van der Waals surface area contributed by atoms with E-state index in [0.717, 1.165) is 54.1 Å². The summed E-state index contributed by atoms with van der Waals surface area (Å²) in [6, 6.07) is 17.9. The molecule has 9 heteroatoms. The molecule has 4 aromatic rings. The van der Waals surface area contributed by atoms with E-state index < -0.39 is 10.0 Å². The Labute approximate surface area is 220 Å². The molecule has 1 fully saturated rings. The molecule has 186 valence electrons. The van der Waals surface area contributed by atoms with Gasteiger partial charge in [-0.05, 0) is 56.2 Å². The van der Waals surface area contributed by atoms with Crippen molar-refractivity contribution in [2.24, 2.45) is 5.92 Å². The average molecular weight is 537 g/mol. The van der Waals surface area contributed by atoms with Gasteiger partial charge in [0, 0.05) is 45.3 Å². The van der Waals surface area contributed by atoms with Gasteiger partial charge < -0.3 is 5.32 Å². The highest BCUT2D eigenvalue weighted by Gasteiger charge is 2.26. The van der Waals surface area contributed by atoms with E-state index in [-0.39, 0.29) is 4.90 Å². The number of rotatable bonds is 6. The molecular weight excluding hydrogens is 509 g/mol. The van der Waals surface area contributed by atoms with Crippen LogP contribution in [0.1, 0.15) is 30.6 Å². The fourth-order valence-electron chi connectivity index (χ4n) is 5.12. The second kappa shape index (κ2) is 10.1. The Morgan fingerprint density at radius 2 is 1.81 bits per heavy atom. The van der Waals surface area contributed by atoms with Crippen LogP contribution in [-0.2, 0) is 16.4 Å². The minimum atomic E-state index is -3.62. The van der Waals surface area contributed by atoms with Crippen molar-refractivity contribution >= 4 is 49.2 Å². The van der Waals surface area contributed by atoms with Crippen LogP contribution in [0.3, 0.4) is 0 Å². The van der Waals surface area contributed by atoms with Gasteiger partial charge in [0.2, 0.25) is 10.0 Å². The van der Waals surface area contributed by atoms with E-state index in [4.69, 9.17) is 4.98 Å². The first-order valence-corrected chi connectivity index (χ1v) is 15.7. The molecule has 0 atom stereocenters. The van der Waals surface area contributed by atoms with Crippen LogP contribution in [0.15, 0.2) is 70.6 Å². The first-order valence-electron chi connectivity index (χ1n) is 12.4. The van der Waals surface area contributed by atoms with Crippen LogP contribution in [-0.4, -0.2) is 36.7 Å². The Balaban J connectivity index is 1.06. The minimum Gasteiger partial charge on any atom is -0.359 e. The minimum absolute atomic E-state index is 0.250. The predicted octanol–water partition coefficient (Wildman–Crippen LogP) is 5.96. The number of anilines is 1. The van der Waals surface area contributed by atoms with Crippen LogP contribution >= 0.6 is 23.1 Å². The number of hydrogen-bond acceptors (Lipinski definition) is 7. The van der Waals surface area contributed by atoms with Gasteiger partial charge in [-0.25, -0.2) is 18.1 Å². The van der Waals surface area contributed by atoms with Crippen molar-refractivity contribution in [2.45, 2.75) is 47.9 Å². The standard InChI is InChI=1S/C27H28N4O2S3/c32-36(33,24-9-3-5-19-6-4-15-28-25(19)24)29-17-18-10-12-20(13-11-18)30-27-31-26-21-7-1-2-8-22(21)34-16-14-23(26)35-27/h1-9,15,18,20,29H,10-14,16-17H2,(H,30,31)/t18-,20-. The van der Waals surface area contributed by atoms with Crippen molar-refractivity contribution in [1.82, 2.24) is 14.7 Å². The zero-order valence-corrected chi connectivity index (χ0v) is 22.3. The molecule has 0 spiro atoms. The van der Waals surface area contributed by atoms with Crippen LogP contribution in [0.5, 0.6) is 0 Å². The summed E-state index contributed by atoms with van der Waals surface area (Å²) >= 11 is 3.70. The molecule has 0 amide bonds. The summed E-state index contributed by atoms with van der Waals surface area (Å²) in [4.78, 5) is 12.2. The number of aryl methyl sites for hydroxylation is 1. The van der Waals surface area contributed by atoms with Crippen LogP contribution in [0, 0.1) is 5.92 Å². The molecule has 1 aliphatic carbocycles. The Kier molecular flexibility index (Phi) is 6.73. The molecule has 0 bridgehead atoms. The van der Waals surface area contributed by atoms with E-state index >= 15 is 0 Å². The Hall–Kier alpha value is -2.46. The zero-order chi connectivity index (χ0) is 24.5. The molecule has 6 nitrogen and oxygen atoms in total. The summed E-state index contributed by atoms with van der Waals surface area (Å²) in [5.74, 6) is 1.42. The monoisotopic (exact) mass is 536 g/mol. The largest absolute Gasteiger partial charge is 0.359 e. The summed E-state index contributed by atoms with van der Waals surface area (Å²) in [6.07, 6.45) is 6.68. The Morgan fingerprint density at radius 1 is 0.972 bits per heavy atom. The maximum Gasteiger partial charge on any atom is 0.242 e. The van der Waals surface area contributed by atoms with Crippen molar-refractivity contribution in [3.05, 3.63) is 65.7 Å². The molecule has 3 heterocycles. The third-order valence-corrected chi connectivity index (χ3v) is 10.6. The second-order valence-electron chi connectivity index (χ2n) is 9.43. The third kappa shape index (κ3) is 4.89. The van der Waals surface area contributed by atoms with Crippen molar-refractivity contribution in [3.63, 3.8) is 0 Å². The Bertz CT molecular complexity index is 1490. The van der Waals surface area contributed by atoms with Crippen molar-refractivity contribution in [1.29, 1.82) is 0 Å². The number of thioether (sulfide) groups is 1. The Morgan fingerprint density at radius 3 is 2.69 bits per heavy atom. The normalized spacial score (nSPS) is 19.9. The summed E-state index contributed by atoms with van der Waals surface area (Å²) in [6.45, 7) is 0.457. The van der Waals surface area contributed by atoms with Gasteiger partial charge in [-0.15, -0.1) is 23.1 Å². The van der Waals surface area contributed by atoms with Gasteiger partial charge in [0.25, 0.3) is 0 Å². The highest BCUT2D eigenvalue weighted by atomic mass is 32.2. The molecule has 1 saturated carbocycles. The van der Waals surface area contributed by atoms with Gasteiger partial charge >= 0.3 is 0 Å². The summed E-state index contributed by atoms with van der Waals surface area (Å²) < 4.78 is 28.9. The highest BCUT2D eigenvalue weighted by Crippen LogP contribution is 2.41. The second-order valence-corrected chi connectivity index (χ2v) is 13.4. The number of aromatic nitrogens is 2. The summed E-state index contributed by atoms with van der Waals surface area (Å²) in [5, 5.41) is 5.52. The number of para-hydroxylation sites is 1. The predicted molar refractivity (Wildman–Crippen MR) is 148 cm³/mol. The molecule has 0 saturated heterocycles. The maximum atomic E-state index is 13.0. The van der Waals surface area contributed by atoms with E-state index in [9.17, 15) is 8.42 Å². The van der Waals surface area contributed by atoms with Crippen LogP contribution in [0.2, 0.25) is 0 Å². The topological polar surface area (TPSA) is 84.0 Å². The van der Waals surface area contributed by atoms with Crippen LogP contribution in [0.25, 0.3) is 22.2 Å². The van der Waals surface area contributed by atoms with Crippen LogP contribution < -0.4 is 10.0 Å². The number of benzene rings is 2. The molecule has 2 aliphatic rings. The number of pyridine rings is 1. The molecule has 1 aliphatic heterocycles. The third-order valence-electron chi connectivity index (χ3n) is 7.05. The van der Waals surface area contributed by atoms with Gasteiger partial charge in [-0.1, -0.05) is 36.4 Å². The maximum absolute atomic E-state index is 13.0. The number of sulfonamides is 1. The molecule has 36 heavy (non-hydrogen) atoms. The van der Waals surface area contributed by atoms with Crippen molar-refractivity contribution in [3.8, 4) is 11.3 Å². The number of hydrogen-bond donors (Lipinski definition) is 2. The van der Waals surface area contributed by atoms with Gasteiger partial charge in [-0.3, -0.25) is 4.98 Å². The lowest BCUT2D eigenvalue weighted by molar-refractivity contribution is 0.337. The van der Waals surface area contributed by atoms with E-state index in [1.807, 2.05) is 30.0 Å². The number of thiazole rings is 1. The molecule has 2 aromatic heterocycles. The summed E-state index contributed by atoms with van der Waals surface area (Å²) in [7, 11) is -3.62. The number of nitrogens with zero attached hydrogens (tertiary/aromatic N) is 2. The molecular formula is C27H28N4O2S3. The van der Waals surface area contributed by atoms with Gasteiger partial charge in [0.15, 0.2) is 5.13 Å². The molecule has 0 radical (unpaired) electrons. The zero-order valence-electron chi connectivity index (χ0n) is 19.8. The van der Waals surface area contributed by atoms with E-state index in [1.165, 1.54) is 15.3 Å². The quantitative estimate of drug-likeness (QED) is 0.317. The lowest BCUT2D eigenvalue weighted by atomic mass is 9.86. The van der Waals surface area contributed by atoms with E-state index in [2.05, 4.69) is 39.3 Å². The van der Waals surface area contributed by atoms with E-state index in [0.29, 0.717) is 24.0 Å².